The van der Waals surface area contributed by atoms with Crippen LogP contribution >= 0.6 is 0 Å². The van der Waals surface area contributed by atoms with Crippen LogP contribution in [0.4, 0.5) is 0 Å². The molecule has 0 aliphatic heterocycles. The molecule has 1 aromatic carbocycles. The maximum atomic E-state index is 12.1. The van der Waals surface area contributed by atoms with Gasteiger partial charge >= 0.3 is 0 Å². The van der Waals surface area contributed by atoms with Crippen molar-refractivity contribution < 1.29 is 13.2 Å². The Morgan fingerprint density at radius 1 is 1.14 bits per heavy atom. The van der Waals surface area contributed by atoms with Gasteiger partial charge in [-0.25, -0.2) is 18.1 Å². The van der Waals surface area contributed by atoms with Crippen LogP contribution in [0.15, 0.2) is 53.6 Å². The number of hydrogen-bond donors (Lipinski definition) is 1. The summed E-state index contributed by atoms with van der Waals surface area (Å²) in [6, 6.07) is 11.9. The van der Waals surface area contributed by atoms with Gasteiger partial charge in [0.15, 0.2) is 0 Å². The van der Waals surface area contributed by atoms with Crippen LogP contribution in [0, 0.1) is 5.92 Å². The summed E-state index contributed by atoms with van der Waals surface area (Å²) in [5.41, 5.74) is 0.790. The molecule has 0 atom stereocenters. The fourth-order valence-corrected chi connectivity index (χ4v) is 2.99. The van der Waals surface area contributed by atoms with Gasteiger partial charge in [0, 0.05) is 18.8 Å². The smallest absolute Gasteiger partial charge is 0.240 e. The minimum atomic E-state index is -3.49. The first kappa shape index (κ1) is 15.0. The van der Waals surface area contributed by atoms with Crippen molar-refractivity contribution in [2.45, 2.75) is 24.3 Å². The maximum Gasteiger partial charge on any atom is 0.240 e. The van der Waals surface area contributed by atoms with Crippen molar-refractivity contribution >= 4 is 10.0 Å². The number of nitrogens with zero attached hydrogens (tertiary/aromatic N) is 1. The van der Waals surface area contributed by atoms with Gasteiger partial charge in [0.25, 0.3) is 0 Å². The molecule has 0 radical (unpaired) electrons. The van der Waals surface area contributed by atoms with Crippen LogP contribution in [0.1, 0.15) is 18.4 Å². The Kier molecular flexibility index (Phi) is 4.40. The van der Waals surface area contributed by atoms with Crippen LogP contribution in [-0.2, 0) is 16.6 Å². The number of hydrogen-bond acceptors (Lipinski definition) is 4. The van der Waals surface area contributed by atoms with E-state index in [4.69, 9.17) is 4.74 Å². The van der Waals surface area contributed by atoms with Crippen LogP contribution in [0.3, 0.4) is 0 Å². The Hall–Kier alpha value is -1.92. The maximum absolute atomic E-state index is 12.1. The number of aromatic nitrogens is 1. The summed E-state index contributed by atoms with van der Waals surface area (Å²) >= 11 is 0. The van der Waals surface area contributed by atoms with Gasteiger partial charge in [-0.05, 0) is 36.5 Å². The molecule has 116 valence electrons. The average Bonchev–Trinajstić information content (AvgIpc) is 3.37. The predicted octanol–water partition coefficient (Wildman–Crippen LogP) is 2.35. The fraction of sp³-hybridized carbons (Fsp3) is 0.312. The molecule has 0 saturated heterocycles. The molecule has 2 aromatic rings. The summed E-state index contributed by atoms with van der Waals surface area (Å²) in [5, 5.41) is 0. The first-order valence-corrected chi connectivity index (χ1v) is 8.74. The molecule has 1 aliphatic carbocycles. The van der Waals surface area contributed by atoms with E-state index in [1.807, 2.05) is 6.07 Å². The molecular weight excluding hydrogens is 300 g/mol. The number of ether oxygens (including phenoxy) is 1. The Balaban J connectivity index is 1.56. The minimum Gasteiger partial charge on any atom is -0.477 e. The molecule has 1 aromatic heterocycles. The topological polar surface area (TPSA) is 68.3 Å². The molecule has 0 bridgehead atoms. The summed E-state index contributed by atoms with van der Waals surface area (Å²) in [6.45, 7) is 0.917. The highest BCUT2D eigenvalue weighted by Gasteiger charge is 2.22. The number of nitrogens with one attached hydrogen (secondary N) is 1. The first-order chi connectivity index (χ1) is 10.6. The second-order valence-corrected chi connectivity index (χ2v) is 7.16. The zero-order valence-electron chi connectivity index (χ0n) is 12.1. The third-order valence-corrected chi connectivity index (χ3v) is 4.90. The molecule has 22 heavy (non-hydrogen) atoms. The number of sulfonamides is 1. The Labute approximate surface area is 130 Å². The number of pyridine rings is 1. The molecule has 0 spiro atoms. The van der Waals surface area contributed by atoms with Gasteiger partial charge in [0.2, 0.25) is 15.9 Å². The van der Waals surface area contributed by atoms with Crippen LogP contribution in [0.25, 0.3) is 0 Å². The van der Waals surface area contributed by atoms with E-state index in [0.717, 1.165) is 5.56 Å². The molecule has 6 heteroatoms. The normalized spacial score (nSPS) is 14.7. The van der Waals surface area contributed by atoms with Gasteiger partial charge < -0.3 is 4.74 Å². The average molecular weight is 318 g/mol. The van der Waals surface area contributed by atoms with Gasteiger partial charge in [-0.1, -0.05) is 24.3 Å². The molecule has 3 rings (SSSR count). The highest BCUT2D eigenvalue weighted by atomic mass is 32.2. The lowest BCUT2D eigenvalue weighted by molar-refractivity contribution is 0.288. The zero-order chi connectivity index (χ0) is 15.4. The predicted molar refractivity (Wildman–Crippen MR) is 82.9 cm³/mol. The van der Waals surface area contributed by atoms with E-state index in [1.165, 1.54) is 12.8 Å². The molecule has 0 unspecified atom stereocenters. The standard InChI is InChI=1S/C16H18N2O3S/c19-22(20,15-4-2-1-3-5-15)18-11-14-8-9-16(17-10-14)21-12-13-6-7-13/h1-5,8-10,13,18H,6-7,11-12H2. The van der Waals surface area contributed by atoms with Gasteiger partial charge in [-0.15, -0.1) is 0 Å². The number of rotatable bonds is 7. The van der Waals surface area contributed by atoms with E-state index in [-0.39, 0.29) is 11.4 Å². The van der Waals surface area contributed by atoms with E-state index >= 15 is 0 Å². The molecule has 5 nitrogen and oxygen atoms in total. The summed E-state index contributed by atoms with van der Waals surface area (Å²) < 4.78 is 32.3. The molecule has 1 heterocycles. The lowest BCUT2D eigenvalue weighted by Gasteiger charge is -2.08. The summed E-state index contributed by atoms with van der Waals surface area (Å²) in [5.74, 6) is 1.26. The molecular formula is C16H18N2O3S. The van der Waals surface area contributed by atoms with E-state index in [9.17, 15) is 8.42 Å². The minimum absolute atomic E-state index is 0.202. The molecule has 1 aliphatic rings. The van der Waals surface area contributed by atoms with Crippen LogP contribution in [0.5, 0.6) is 5.88 Å². The first-order valence-electron chi connectivity index (χ1n) is 7.26. The second-order valence-electron chi connectivity index (χ2n) is 5.40. The summed E-state index contributed by atoms with van der Waals surface area (Å²) in [7, 11) is -3.49. The van der Waals surface area contributed by atoms with E-state index in [2.05, 4.69) is 9.71 Å². The van der Waals surface area contributed by atoms with Crippen molar-refractivity contribution in [2.24, 2.45) is 5.92 Å². The molecule has 1 N–H and O–H groups in total. The van der Waals surface area contributed by atoms with Gasteiger partial charge in [0.05, 0.1) is 11.5 Å². The third-order valence-electron chi connectivity index (χ3n) is 3.48. The van der Waals surface area contributed by atoms with Gasteiger partial charge in [0.1, 0.15) is 0 Å². The third kappa shape index (κ3) is 4.05. The van der Waals surface area contributed by atoms with Gasteiger partial charge in [-0.2, -0.15) is 0 Å². The van der Waals surface area contributed by atoms with Crippen molar-refractivity contribution in [3.63, 3.8) is 0 Å². The Morgan fingerprint density at radius 2 is 1.91 bits per heavy atom. The highest BCUT2D eigenvalue weighted by Crippen LogP contribution is 2.29. The Bertz CT molecular complexity index is 711. The van der Waals surface area contributed by atoms with Crippen molar-refractivity contribution in [1.82, 2.24) is 9.71 Å². The highest BCUT2D eigenvalue weighted by molar-refractivity contribution is 7.89. The summed E-state index contributed by atoms with van der Waals surface area (Å²) in [6.07, 6.45) is 4.11. The molecule has 0 amide bonds. The Morgan fingerprint density at radius 3 is 2.55 bits per heavy atom. The lowest BCUT2D eigenvalue weighted by Crippen LogP contribution is -2.23. The van der Waals surface area contributed by atoms with Crippen molar-refractivity contribution in [2.75, 3.05) is 6.61 Å². The van der Waals surface area contributed by atoms with Crippen LogP contribution < -0.4 is 9.46 Å². The van der Waals surface area contributed by atoms with Crippen molar-refractivity contribution in [3.05, 3.63) is 54.2 Å². The zero-order valence-corrected chi connectivity index (χ0v) is 12.9. The van der Waals surface area contributed by atoms with Crippen LogP contribution in [0.2, 0.25) is 0 Å². The quantitative estimate of drug-likeness (QED) is 0.851. The molecule has 1 fully saturated rings. The van der Waals surface area contributed by atoms with E-state index in [1.54, 1.807) is 42.6 Å². The van der Waals surface area contributed by atoms with Crippen molar-refractivity contribution in [3.8, 4) is 5.88 Å². The van der Waals surface area contributed by atoms with E-state index < -0.39 is 10.0 Å². The van der Waals surface area contributed by atoms with E-state index in [0.29, 0.717) is 18.4 Å². The molecule has 1 saturated carbocycles. The largest absolute Gasteiger partial charge is 0.477 e. The SMILES string of the molecule is O=S(=O)(NCc1ccc(OCC2CC2)nc1)c1ccccc1. The lowest BCUT2D eigenvalue weighted by atomic mass is 10.3. The summed E-state index contributed by atoms with van der Waals surface area (Å²) in [4.78, 5) is 4.45. The van der Waals surface area contributed by atoms with Gasteiger partial charge in [-0.3, -0.25) is 0 Å². The van der Waals surface area contributed by atoms with Crippen LogP contribution in [-0.4, -0.2) is 20.0 Å². The fourth-order valence-electron chi connectivity index (χ4n) is 1.95. The van der Waals surface area contributed by atoms with Crippen molar-refractivity contribution in [1.29, 1.82) is 0 Å². The number of benzene rings is 1. The second kappa shape index (κ2) is 6.46. The monoisotopic (exact) mass is 318 g/mol.